The second kappa shape index (κ2) is 4.43. The molecule has 0 radical (unpaired) electrons. The highest BCUT2D eigenvalue weighted by atomic mass is 16.7. The van der Waals surface area contributed by atoms with E-state index in [2.05, 4.69) is 10.1 Å². The molecule has 0 atom stereocenters. The average molecular weight is 271 g/mol. The summed E-state index contributed by atoms with van der Waals surface area (Å²) in [5.41, 5.74) is 0.995. The van der Waals surface area contributed by atoms with Crippen LogP contribution in [0.5, 0.6) is 0 Å². The SMILES string of the molecule is CC1(C)OB(c2ccc(-n3cccn3)cn2)OC1(C)C. The molecule has 6 heteroatoms. The summed E-state index contributed by atoms with van der Waals surface area (Å²) in [7, 11) is -0.424. The first-order valence-corrected chi connectivity index (χ1v) is 6.71. The minimum Gasteiger partial charge on any atom is -0.398 e. The van der Waals surface area contributed by atoms with E-state index in [4.69, 9.17) is 9.31 Å². The van der Waals surface area contributed by atoms with Gasteiger partial charge in [-0.25, -0.2) is 4.68 Å². The Morgan fingerprint density at radius 1 is 1.10 bits per heavy atom. The Morgan fingerprint density at radius 2 is 1.80 bits per heavy atom. The van der Waals surface area contributed by atoms with Gasteiger partial charge < -0.3 is 9.31 Å². The van der Waals surface area contributed by atoms with E-state index in [0.29, 0.717) is 0 Å². The fraction of sp³-hybridized carbons (Fsp3) is 0.429. The lowest BCUT2D eigenvalue weighted by Gasteiger charge is -2.32. The molecule has 0 spiro atoms. The summed E-state index contributed by atoms with van der Waals surface area (Å²) < 4.78 is 13.7. The van der Waals surface area contributed by atoms with Crippen molar-refractivity contribution in [2.75, 3.05) is 0 Å². The first-order chi connectivity index (χ1) is 9.39. The van der Waals surface area contributed by atoms with Crippen LogP contribution in [0.1, 0.15) is 27.7 Å². The lowest BCUT2D eigenvalue weighted by Crippen LogP contribution is -2.41. The maximum Gasteiger partial charge on any atom is 0.514 e. The third kappa shape index (κ3) is 2.15. The molecular formula is C14H18BN3O2. The van der Waals surface area contributed by atoms with E-state index in [-0.39, 0.29) is 11.2 Å². The second-order valence-corrected chi connectivity index (χ2v) is 5.98. The Morgan fingerprint density at radius 3 is 2.30 bits per heavy atom. The molecule has 5 nitrogen and oxygen atoms in total. The summed E-state index contributed by atoms with van der Waals surface area (Å²) in [6, 6.07) is 5.75. The van der Waals surface area contributed by atoms with Crippen molar-refractivity contribution in [3.05, 3.63) is 36.8 Å². The summed E-state index contributed by atoms with van der Waals surface area (Å²) in [5.74, 6) is 0. The number of hydrogen-bond acceptors (Lipinski definition) is 4. The molecule has 1 aliphatic rings. The third-order valence-corrected chi connectivity index (χ3v) is 4.03. The van der Waals surface area contributed by atoms with Gasteiger partial charge in [-0.05, 0) is 45.9 Å². The molecule has 0 unspecified atom stereocenters. The van der Waals surface area contributed by atoms with Gasteiger partial charge >= 0.3 is 7.12 Å². The summed E-state index contributed by atoms with van der Waals surface area (Å²) in [6.07, 6.45) is 5.39. The molecule has 104 valence electrons. The quantitative estimate of drug-likeness (QED) is 0.778. The minimum absolute atomic E-state index is 0.347. The molecule has 2 aromatic heterocycles. The van der Waals surface area contributed by atoms with E-state index in [1.165, 1.54) is 0 Å². The van der Waals surface area contributed by atoms with Gasteiger partial charge in [0.2, 0.25) is 0 Å². The topological polar surface area (TPSA) is 49.2 Å². The van der Waals surface area contributed by atoms with Crippen molar-refractivity contribution < 1.29 is 9.31 Å². The van der Waals surface area contributed by atoms with Crippen LogP contribution in [0.4, 0.5) is 0 Å². The highest BCUT2D eigenvalue weighted by molar-refractivity contribution is 6.61. The highest BCUT2D eigenvalue weighted by Gasteiger charge is 2.52. The summed E-state index contributed by atoms with van der Waals surface area (Å²) in [6.45, 7) is 8.13. The lowest BCUT2D eigenvalue weighted by molar-refractivity contribution is 0.00578. The number of aromatic nitrogens is 3. The van der Waals surface area contributed by atoms with Crippen molar-refractivity contribution in [2.24, 2.45) is 0 Å². The van der Waals surface area contributed by atoms with E-state index < -0.39 is 7.12 Å². The van der Waals surface area contributed by atoms with Gasteiger partial charge in [-0.2, -0.15) is 5.10 Å². The Bertz CT molecular complexity index is 577. The van der Waals surface area contributed by atoms with Gasteiger partial charge in [0, 0.05) is 12.4 Å². The van der Waals surface area contributed by atoms with Gasteiger partial charge in [0.1, 0.15) is 0 Å². The van der Waals surface area contributed by atoms with E-state index in [0.717, 1.165) is 11.3 Å². The maximum atomic E-state index is 5.97. The molecular weight excluding hydrogens is 253 g/mol. The normalized spacial score (nSPS) is 20.3. The Hall–Kier alpha value is -1.66. The van der Waals surface area contributed by atoms with Crippen molar-refractivity contribution >= 4 is 12.7 Å². The molecule has 2 aromatic rings. The Labute approximate surface area is 119 Å². The third-order valence-electron chi connectivity index (χ3n) is 4.03. The standard InChI is InChI=1S/C14H18BN3O2/c1-13(2)14(3,4)20-15(19-13)12-7-6-11(10-16-12)18-9-5-8-17-18/h5-10H,1-4H3. The molecule has 3 rings (SSSR count). The smallest absolute Gasteiger partial charge is 0.398 e. The van der Waals surface area contributed by atoms with Crippen LogP contribution in [0.3, 0.4) is 0 Å². The molecule has 1 saturated heterocycles. The fourth-order valence-corrected chi connectivity index (χ4v) is 2.06. The molecule has 1 fully saturated rings. The van der Waals surface area contributed by atoms with E-state index in [1.54, 1.807) is 17.1 Å². The summed E-state index contributed by atoms with van der Waals surface area (Å²) in [5, 5.41) is 4.17. The molecule has 0 aromatic carbocycles. The summed E-state index contributed by atoms with van der Waals surface area (Å²) >= 11 is 0. The van der Waals surface area contributed by atoms with Crippen LogP contribution in [0, 0.1) is 0 Å². The van der Waals surface area contributed by atoms with Gasteiger partial charge in [-0.15, -0.1) is 0 Å². The van der Waals surface area contributed by atoms with Gasteiger partial charge in [0.15, 0.2) is 0 Å². The molecule has 0 bridgehead atoms. The van der Waals surface area contributed by atoms with Crippen molar-refractivity contribution in [1.29, 1.82) is 0 Å². The van der Waals surface area contributed by atoms with Gasteiger partial charge in [-0.3, -0.25) is 4.98 Å². The monoisotopic (exact) mass is 271 g/mol. The molecule has 0 saturated carbocycles. The molecule has 0 aliphatic carbocycles. The van der Waals surface area contributed by atoms with Crippen molar-refractivity contribution in [2.45, 2.75) is 38.9 Å². The molecule has 1 aliphatic heterocycles. The second-order valence-electron chi connectivity index (χ2n) is 5.98. The molecule has 3 heterocycles. The number of nitrogens with zero attached hydrogens (tertiary/aromatic N) is 3. The van der Waals surface area contributed by atoms with Crippen molar-refractivity contribution in [1.82, 2.24) is 14.8 Å². The molecule has 0 amide bonds. The van der Waals surface area contributed by atoms with Crippen LogP contribution >= 0.6 is 0 Å². The minimum atomic E-state index is -0.424. The molecule has 20 heavy (non-hydrogen) atoms. The molecule has 0 N–H and O–H groups in total. The van der Waals surface area contributed by atoms with E-state index >= 15 is 0 Å². The lowest BCUT2D eigenvalue weighted by atomic mass is 9.84. The van der Waals surface area contributed by atoms with Gasteiger partial charge in [0.05, 0.1) is 28.7 Å². The summed E-state index contributed by atoms with van der Waals surface area (Å²) in [4.78, 5) is 4.44. The average Bonchev–Trinajstić information content (AvgIpc) is 2.97. The van der Waals surface area contributed by atoms with Crippen LogP contribution in [0.2, 0.25) is 0 Å². The first-order valence-electron chi connectivity index (χ1n) is 6.71. The zero-order valence-corrected chi connectivity index (χ0v) is 12.2. The van der Waals surface area contributed by atoms with Crippen molar-refractivity contribution in [3.63, 3.8) is 0 Å². The number of pyridine rings is 1. The van der Waals surface area contributed by atoms with Crippen LogP contribution in [-0.2, 0) is 9.31 Å². The van der Waals surface area contributed by atoms with Gasteiger partial charge in [0.25, 0.3) is 0 Å². The van der Waals surface area contributed by atoms with Crippen molar-refractivity contribution in [3.8, 4) is 5.69 Å². The maximum absolute atomic E-state index is 5.97. The van der Waals surface area contributed by atoms with E-state index in [9.17, 15) is 0 Å². The number of hydrogen-bond donors (Lipinski definition) is 0. The van der Waals surface area contributed by atoms with Crippen LogP contribution < -0.4 is 5.59 Å². The Kier molecular flexibility index (Phi) is 2.95. The highest BCUT2D eigenvalue weighted by Crippen LogP contribution is 2.36. The van der Waals surface area contributed by atoms with Crippen LogP contribution in [-0.4, -0.2) is 33.1 Å². The first kappa shape index (κ1) is 13.3. The predicted octanol–water partition coefficient (Wildman–Crippen LogP) is 1.57. The fourth-order valence-electron chi connectivity index (χ4n) is 2.06. The van der Waals surface area contributed by atoms with E-state index in [1.807, 2.05) is 52.1 Å². The zero-order valence-electron chi connectivity index (χ0n) is 12.2. The predicted molar refractivity (Wildman–Crippen MR) is 77.1 cm³/mol. The number of rotatable bonds is 2. The zero-order chi connectivity index (χ0) is 14.4. The van der Waals surface area contributed by atoms with Gasteiger partial charge in [-0.1, -0.05) is 0 Å². The van der Waals surface area contributed by atoms with Crippen LogP contribution in [0.15, 0.2) is 36.8 Å². The largest absolute Gasteiger partial charge is 0.514 e. The Balaban J connectivity index is 1.83. The van der Waals surface area contributed by atoms with Crippen LogP contribution in [0.25, 0.3) is 5.69 Å².